The Morgan fingerprint density at radius 1 is 1.42 bits per heavy atom. The zero-order valence-electron chi connectivity index (χ0n) is 7.68. The molecule has 0 aliphatic heterocycles. The van der Waals surface area contributed by atoms with Gasteiger partial charge >= 0.3 is 0 Å². The molecule has 0 aromatic heterocycles. The van der Waals surface area contributed by atoms with Crippen LogP contribution in [0.2, 0.25) is 0 Å². The fourth-order valence-electron chi connectivity index (χ4n) is 0.869. The van der Waals surface area contributed by atoms with Gasteiger partial charge in [0.2, 0.25) is 5.91 Å². The molecule has 0 fully saturated rings. The molecular formula is C8H19N3O. The van der Waals surface area contributed by atoms with Crippen molar-refractivity contribution in [1.29, 1.82) is 0 Å². The summed E-state index contributed by atoms with van der Waals surface area (Å²) in [5.74, 6) is 0.0988. The second kappa shape index (κ2) is 7.06. The van der Waals surface area contributed by atoms with E-state index in [0.717, 1.165) is 12.8 Å². The van der Waals surface area contributed by atoms with Crippen LogP contribution in [-0.2, 0) is 4.79 Å². The predicted octanol–water partition coefficient (Wildman–Crippen LogP) is -0.564. The molecule has 1 unspecified atom stereocenters. The molecule has 4 nitrogen and oxygen atoms in total. The first-order chi connectivity index (χ1) is 5.72. The van der Waals surface area contributed by atoms with Gasteiger partial charge in [-0.15, -0.1) is 0 Å². The summed E-state index contributed by atoms with van der Waals surface area (Å²) in [6, 6.07) is 0. The van der Waals surface area contributed by atoms with Gasteiger partial charge in [0, 0.05) is 12.5 Å². The summed E-state index contributed by atoms with van der Waals surface area (Å²) in [5.41, 5.74) is 10.6. The summed E-state index contributed by atoms with van der Waals surface area (Å²) in [4.78, 5) is 11.2. The van der Waals surface area contributed by atoms with Gasteiger partial charge in [0.05, 0.1) is 0 Å². The van der Waals surface area contributed by atoms with E-state index in [-0.39, 0.29) is 11.8 Å². The Labute approximate surface area is 73.7 Å². The summed E-state index contributed by atoms with van der Waals surface area (Å²) < 4.78 is 0. The van der Waals surface area contributed by atoms with E-state index < -0.39 is 0 Å². The Morgan fingerprint density at radius 3 is 2.58 bits per heavy atom. The third kappa shape index (κ3) is 5.09. The Morgan fingerprint density at radius 2 is 2.08 bits per heavy atom. The molecule has 0 aromatic carbocycles. The Hall–Kier alpha value is -0.610. The first kappa shape index (κ1) is 11.4. The highest BCUT2D eigenvalue weighted by atomic mass is 16.1. The fraction of sp³-hybridized carbons (Fsp3) is 0.875. The number of nitrogens with two attached hydrogens (primary N) is 2. The van der Waals surface area contributed by atoms with Crippen molar-refractivity contribution in [3.05, 3.63) is 0 Å². The molecular weight excluding hydrogens is 154 g/mol. The van der Waals surface area contributed by atoms with E-state index in [0.29, 0.717) is 19.6 Å². The number of nitrogens with one attached hydrogen (secondary N) is 1. The van der Waals surface area contributed by atoms with E-state index in [1.807, 2.05) is 6.92 Å². The van der Waals surface area contributed by atoms with Gasteiger partial charge in [-0.1, -0.05) is 6.92 Å². The van der Waals surface area contributed by atoms with Gasteiger partial charge in [-0.2, -0.15) is 0 Å². The smallest absolute Gasteiger partial charge is 0.222 e. The largest absolute Gasteiger partial charge is 0.356 e. The van der Waals surface area contributed by atoms with Gasteiger partial charge in [0.25, 0.3) is 0 Å². The van der Waals surface area contributed by atoms with Crippen LogP contribution in [0.4, 0.5) is 0 Å². The van der Waals surface area contributed by atoms with E-state index in [9.17, 15) is 4.79 Å². The van der Waals surface area contributed by atoms with E-state index in [1.54, 1.807) is 0 Å². The third-order valence-electron chi connectivity index (χ3n) is 1.73. The van der Waals surface area contributed by atoms with Gasteiger partial charge in [-0.25, -0.2) is 0 Å². The van der Waals surface area contributed by atoms with Crippen LogP contribution in [0.25, 0.3) is 0 Å². The van der Waals surface area contributed by atoms with Crippen molar-refractivity contribution in [3.63, 3.8) is 0 Å². The zero-order chi connectivity index (χ0) is 9.40. The van der Waals surface area contributed by atoms with Crippen LogP contribution in [0.1, 0.15) is 19.8 Å². The molecule has 4 heteroatoms. The quantitative estimate of drug-likeness (QED) is 0.471. The van der Waals surface area contributed by atoms with Gasteiger partial charge < -0.3 is 16.8 Å². The van der Waals surface area contributed by atoms with Crippen molar-refractivity contribution < 1.29 is 4.79 Å². The van der Waals surface area contributed by atoms with Crippen molar-refractivity contribution in [3.8, 4) is 0 Å². The summed E-state index contributed by atoms with van der Waals surface area (Å²) in [7, 11) is 0. The van der Waals surface area contributed by atoms with Gasteiger partial charge in [0.1, 0.15) is 0 Å². The normalized spacial score (nSPS) is 12.6. The molecule has 0 aromatic rings. The number of hydrogen-bond acceptors (Lipinski definition) is 3. The Kier molecular flexibility index (Phi) is 6.70. The molecule has 0 bridgehead atoms. The number of hydrogen-bond donors (Lipinski definition) is 3. The Bertz CT molecular complexity index is 127. The molecule has 12 heavy (non-hydrogen) atoms. The zero-order valence-corrected chi connectivity index (χ0v) is 7.68. The standard InChI is InChI=1S/C8H19N3O/c1-7(3-5-10)8(12)11-6-2-4-9/h7H,2-6,9-10H2,1H3,(H,11,12). The van der Waals surface area contributed by atoms with Crippen LogP contribution >= 0.6 is 0 Å². The van der Waals surface area contributed by atoms with Gasteiger partial charge in [-0.3, -0.25) is 4.79 Å². The molecule has 0 saturated heterocycles. The summed E-state index contributed by atoms with van der Waals surface area (Å²) in [6.45, 7) is 3.73. The molecule has 0 spiro atoms. The lowest BCUT2D eigenvalue weighted by Gasteiger charge is -2.09. The van der Waals surface area contributed by atoms with E-state index in [2.05, 4.69) is 5.32 Å². The van der Waals surface area contributed by atoms with E-state index >= 15 is 0 Å². The molecule has 0 aliphatic carbocycles. The Balaban J connectivity index is 3.43. The topological polar surface area (TPSA) is 81.1 Å². The van der Waals surface area contributed by atoms with Crippen LogP contribution < -0.4 is 16.8 Å². The third-order valence-corrected chi connectivity index (χ3v) is 1.73. The van der Waals surface area contributed by atoms with E-state index in [1.165, 1.54) is 0 Å². The predicted molar refractivity (Wildman–Crippen MR) is 49.5 cm³/mol. The maximum atomic E-state index is 11.2. The van der Waals surface area contributed by atoms with Crippen LogP contribution in [0.3, 0.4) is 0 Å². The van der Waals surface area contributed by atoms with Crippen molar-refractivity contribution in [2.45, 2.75) is 19.8 Å². The first-order valence-corrected chi connectivity index (χ1v) is 4.40. The summed E-state index contributed by atoms with van der Waals surface area (Å²) >= 11 is 0. The SMILES string of the molecule is CC(CCN)C(=O)NCCCN. The van der Waals surface area contributed by atoms with E-state index in [4.69, 9.17) is 11.5 Å². The van der Waals surface area contributed by atoms with Crippen molar-refractivity contribution in [1.82, 2.24) is 5.32 Å². The summed E-state index contributed by atoms with van der Waals surface area (Å²) in [6.07, 6.45) is 1.58. The molecule has 0 saturated carbocycles. The monoisotopic (exact) mass is 173 g/mol. The second-order valence-electron chi connectivity index (χ2n) is 2.91. The molecule has 1 atom stereocenters. The highest BCUT2D eigenvalue weighted by Gasteiger charge is 2.09. The first-order valence-electron chi connectivity index (χ1n) is 4.40. The number of rotatable bonds is 6. The highest BCUT2D eigenvalue weighted by Crippen LogP contribution is 1.98. The lowest BCUT2D eigenvalue weighted by molar-refractivity contribution is -0.124. The molecule has 5 N–H and O–H groups in total. The lowest BCUT2D eigenvalue weighted by Crippen LogP contribution is -2.31. The maximum absolute atomic E-state index is 11.2. The second-order valence-corrected chi connectivity index (χ2v) is 2.91. The molecule has 0 aliphatic rings. The molecule has 1 amide bonds. The van der Waals surface area contributed by atoms with Crippen LogP contribution in [0.5, 0.6) is 0 Å². The minimum Gasteiger partial charge on any atom is -0.356 e. The fourth-order valence-corrected chi connectivity index (χ4v) is 0.869. The number of carbonyl (C=O) groups excluding carboxylic acids is 1. The van der Waals surface area contributed by atoms with Crippen molar-refractivity contribution in [2.24, 2.45) is 17.4 Å². The average molecular weight is 173 g/mol. The summed E-state index contributed by atoms with van der Waals surface area (Å²) in [5, 5.41) is 2.79. The minimum absolute atomic E-state index is 0.0211. The highest BCUT2D eigenvalue weighted by molar-refractivity contribution is 5.78. The lowest BCUT2D eigenvalue weighted by atomic mass is 10.1. The molecule has 0 heterocycles. The minimum atomic E-state index is 0.0211. The molecule has 0 rings (SSSR count). The van der Waals surface area contributed by atoms with Crippen LogP contribution in [0, 0.1) is 5.92 Å². The van der Waals surface area contributed by atoms with Crippen molar-refractivity contribution >= 4 is 5.91 Å². The van der Waals surface area contributed by atoms with Crippen LogP contribution in [0.15, 0.2) is 0 Å². The van der Waals surface area contributed by atoms with Gasteiger partial charge in [-0.05, 0) is 25.9 Å². The number of carbonyl (C=O) groups is 1. The van der Waals surface area contributed by atoms with Crippen LogP contribution in [-0.4, -0.2) is 25.5 Å². The average Bonchev–Trinajstić information content (AvgIpc) is 2.05. The maximum Gasteiger partial charge on any atom is 0.222 e. The van der Waals surface area contributed by atoms with Gasteiger partial charge in [0.15, 0.2) is 0 Å². The molecule has 72 valence electrons. The molecule has 0 radical (unpaired) electrons. The van der Waals surface area contributed by atoms with Crippen molar-refractivity contribution in [2.75, 3.05) is 19.6 Å². The number of amides is 1.